The van der Waals surface area contributed by atoms with Crippen LogP contribution in [0.4, 0.5) is 0 Å². The molecule has 4 nitrogen and oxygen atoms in total. The summed E-state index contributed by atoms with van der Waals surface area (Å²) in [5.74, 6) is 0.829. The highest BCUT2D eigenvalue weighted by Gasteiger charge is 2.20. The number of para-hydroxylation sites is 1. The molecule has 1 unspecified atom stereocenters. The van der Waals surface area contributed by atoms with Gasteiger partial charge in [0.25, 0.3) is 5.56 Å². The summed E-state index contributed by atoms with van der Waals surface area (Å²) in [6.45, 7) is 2.66. The molecule has 0 fully saturated rings. The van der Waals surface area contributed by atoms with E-state index >= 15 is 0 Å². The molecule has 2 aromatic carbocycles. The van der Waals surface area contributed by atoms with Crippen LogP contribution in [0.1, 0.15) is 30.8 Å². The molecule has 0 aliphatic rings. The van der Waals surface area contributed by atoms with Crippen LogP contribution in [0.2, 0.25) is 0 Å². The summed E-state index contributed by atoms with van der Waals surface area (Å²) in [6, 6.07) is 17.8. The van der Waals surface area contributed by atoms with Crippen LogP contribution in [0, 0.1) is 0 Å². The predicted molar refractivity (Wildman–Crippen MR) is 98.3 cm³/mol. The van der Waals surface area contributed by atoms with Crippen LogP contribution in [0.15, 0.2) is 59.4 Å². The van der Waals surface area contributed by atoms with E-state index in [4.69, 9.17) is 4.98 Å². The maximum absolute atomic E-state index is 13.1. The molecule has 3 rings (SSSR count). The van der Waals surface area contributed by atoms with Gasteiger partial charge in [0.2, 0.25) is 0 Å². The van der Waals surface area contributed by atoms with Gasteiger partial charge in [-0.3, -0.25) is 14.3 Å². The van der Waals surface area contributed by atoms with Gasteiger partial charge in [0.15, 0.2) is 0 Å². The average Bonchev–Trinajstić information content (AvgIpc) is 2.59. The van der Waals surface area contributed by atoms with Gasteiger partial charge in [0, 0.05) is 0 Å². The maximum atomic E-state index is 13.1. The number of hydrogen-bond donors (Lipinski definition) is 0. The van der Waals surface area contributed by atoms with Crippen molar-refractivity contribution in [1.82, 2.24) is 14.5 Å². The van der Waals surface area contributed by atoms with Crippen LogP contribution in [0.5, 0.6) is 0 Å². The van der Waals surface area contributed by atoms with Gasteiger partial charge >= 0.3 is 0 Å². The summed E-state index contributed by atoms with van der Waals surface area (Å²) < 4.78 is 1.83. The third-order valence-electron chi connectivity index (χ3n) is 4.38. The van der Waals surface area contributed by atoms with Gasteiger partial charge in [-0.05, 0) is 38.2 Å². The van der Waals surface area contributed by atoms with Gasteiger partial charge in [-0.1, -0.05) is 49.4 Å². The monoisotopic (exact) mass is 321 g/mol. The number of aromatic nitrogens is 2. The Kier molecular flexibility index (Phi) is 4.76. The third-order valence-corrected chi connectivity index (χ3v) is 4.38. The topological polar surface area (TPSA) is 38.1 Å². The fourth-order valence-electron chi connectivity index (χ4n) is 3.14. The molecule has 1 heterocycles. The van der Waals surface area contributed by atoms with E-state index in [-0.39, 0.29) is 11.6 Å². The molecule has 0 radical (unpaired) electrons. The molecule has 0 bridgehead atoms. The van der Waals surface area contributed by atoms with Crippen LogP contribution >= 0.6 is 0 Å². The molecule has 4 heteroatoms. The second-order valence-electron chi connectivity index (χ2n) is 6.25. The van der Waals surface area contributed by atoms with Crippen molar-refractivity contribution >= 4 is 10.9 Å². The highest BCUT2D eigenvalue weighted by molar-refractivity contribution is 5.77. The minimum atomic E-state index is 0.0275. The summed E-state index contributed by atoms with van der Waals surface area (Å²) in [6.07, 6.45) is 0.895. The summed E-state index contributed by atoms with van der Waals surface area (Å²) in [5, 5.41) is 0.672. The van der Waals surface area contributed by atoms with Gasteiger partial charge in [0.1, 0.15) is 5.82 Å². The first-order valence-electron chi connectivity index (χ1n) is 8.31. The summed E-state index contributed by atoms with van der Waals surface area (Å²) in [4.78, 5) is 20.1. The van der Waals surface area contributed by atoms with Crippen molar-refractivity contribution in [2.24, 2.45) is 0 Å². The van der Waals surface area contributed by atoms with Crippen molar-refractivity contribution in [3.8, 4) is 0 Å². The summed E-state index contributed by atoms with van der Waals surface area (Å²) in [5.41, 5.74) is 1.90. The molecular formula is C20H23N3O. The molecule has 1 aromatic heterocycles. The smallest absolute Gasteiger partial charge is 0.261 e. The first-order valence-corrected chi connectivity index (χ1v) is 8.31. The molecule has 0 saturated carbocycles. The minimum absolute atomic E-state index is 0.0275. The van der Waals surface area contributed by atoms with Crippen LogP contribution in [-0.4, -0.2) is 28.5 Å². The normalized spacial score (nSPS) is 12.7. The fraction of sp³-hybridized carbons (Fsp3) is 0.300. The highest BCUT2D eigenvalue weighted by Crippen LogP contribution is 2.21. The lowest BCUT2D eigenvalue weighted by molar-refractivity contribution is 0.271. The molecular weight excluding hydrogens is 298 g/mol. The Hall–Kier alpha value is -2.46. The SMILES string of the molecule is CCC(c1nc2ccccc2c(=O)n1Cc1ccccc1)N(C)C. The molecule has 1 atom stereocenters. The molecule has 124 valence electrons. The predicted octanol–water partition coefficient (Wildman–Crippen LogP) is 3.46. The van der Waals surface area contributed by atoms with Crippen LogP contribution in [0.25, 0.3) is 10.9 Å². The van der Waals surface area contributed by atoms with Crippen LogP contribution in [0.3, 0.4) is 0 Å². The molecule has 0 saturated heterocycles. The number of nitrogens with zero attached hydrogens (tertiary/aromatic N) is 3. The molecule has 24 heavy (non-hydrogen) atoms. The molecule has 0 amide bonds. The highest BCUT2D eigenvalue weighted by atomic mass is 16.1. The lowest BCUT2D eigenvalue weighted by atomic mass is 10.1. The van der Waals surface area contributed by atoms with Gasteiger partial charge in [0.05, 0.1) is 23.5 Å². The molecule has 0 N–H and O–H groups in total. The lowest BCUT2D eigenvalue weighted by Crippen LogP contribution is -2.32. The molecule has 0 spiro atoms. The number of fused-ring (bicyclic) bond motifs is 1. The zero-order valence-electron chi connectivity index (χ0n) is 14.4. The average molecular weight is 321 g/mol. The number of rotatable bonds is 5. The fourth-order valence-corrected chi connectivity index (χ4v) is 3.14. The first-order chi connectivity index (χ1) is 11.6. The number of hydrogen-bond acceptors (Lipinski definition) is 3. The van der Waals surface area contributed by atoms with E-state index in [1.807, 2.05) is 73.3 Å². The van der Waals surface area contributed by atoms with Gasteiger partial charge in [-0.25, -0.2) is 4.98 Å². The van der Waals surface area contributed by atoms with E-state index in [9.17, 15) is 4.79 Å². The Morgan fingerprint density at radius 3 is 2.38 bits per heavy atom. The standard InChI is InChI=1S/C20H23N3O/c1-4-18(22(2)3)19-21-17-13-9-8-12-16(17)20(24)23(19)14-15-10-6-5-7-11-15/h5-13,18H,4,14H2,1-3H3. The van der Waals surface area contributed by atoms with Crippen molar-refractivity contribution in [2.75, 3.05) is 14.1 Å². The van der Waals surface area contributed by atoms with Crippen molar-refractivity contribution in [3.05, 3.63) is 76.3 Å². The Morgan fingerprint density at radius 1 is 1.04 bits per heavy atom. The van der Waals surface area contributed by atoms with Crippen LogP contribution in [-0.2, 0) is 6.54 Å². The van der Waals surface area contributed by atoms with E-state index < -0.39 is 0 Å². The number of benzene rings is 2. The van der Waals surface area contributed by atoms with Crippen LogP contribution < -0.4 is 5.56 Å². The van der Waals surface area contributed by atoms with E-state index in [2.05, 4.69) is 11.8 Å². The zero-order chi connectivity index (χ0) is 17.1. The third kappa shape index (κ3) is 3.10. The maximum Gasteiger partial charge on any atom is 0.261 e. The lowest BCUT2D eigenvalue weighted by Gasteiger charge is -2.25. The first kappa shape index (κ1) is 16.4. The quantitative estimate of drug-likeness (QED) is 0.722. The Morgan fingerprint density at radius 2 is 1.71 bits per heavy atom. The van der Waals surface area contributed by atoms with Crippen molar-refractivity contribution in [1.29, 1.82) is 0 Å². The Balaban J connectivity index is 2.23. The second-order valence-corrected chi connectivity index (χ2v) is 6.25. The Labute approximate surface area is 142 Å². The van der Waals surface area contributed by atoms with Crippen molar-refractivity contribution in [3.63, 3.8) is 0 Å². The largest absolute Gasteiger partial charge is 0.300 e. The molecule has 0 aliphatic heterocycles. The molecule has 3 aromatic rings. The second kappa shape index (κ2) is 6.97. The minimum Gasteiger partial charge on any atom is -0.300 e. The van der Waals surface area contributed by atoms with E-state index in [1.54, 1.807) is 0 Å². The Bertz CT molecular complexity index is 884. The van der Waals surface area contributed by atoms with E-state index in [0.29, 0.717) is 11.9 Å². The van der Waals surface area contributed by atoms with E-state index in [0.717, 1.165) is 23.3 Å². The molecule has 0 aliphatic carbocycles. The van der Waals surface area contributed by atoms with Gasteiger partial charge < -0.3 is 0 Å². The van der Waals surface area contributed by atoms with Crippen molar-refractivity contribution < 1.29 is 0 Å². The summed E-state index contributed by atoms with van der Waals surface area (Å²) >= 11 is 0. The van der Waals surface area contributed by atoms with Gasteiger partial charge in [-0.2, -0.15) is 0 Å². The summed E-state index contributed by atoms with van der Waals surface area (Å²) in [7, 11) is 4.06. The van der Waals surface area contributed by atoms with Gasteiger partial charge in [-0.15, -0.1) is 0 Å². The van der Waals surface area contributed by atoms with Crippen molar-refractivity contribution in [2.45, 2.75) is 25.9 Å². The van der Waals surface area contributed by atoms with E-state index in [1.165, 1.54) is 0 Å². The zero-order valence-corrected chi connectivity index (χ0v) is 14.4.